The van der Waals surface area contributed by atoms with Crippen LogP contribution in [0.4, 0.5) is 0 Å². The number of aliphatic hydroxyl groups excluding tert-OH is 3. The summed E-state index contributed by atoms with van der Waals surface area (Å²) < 4.78 is 10.7. The van der Waals surface area contributed by atoms with E-state index in [1.54, 1.807) is 0 Å². The molecule has 5 heteroatoms. The van der Waals surface area contributed by atoms with Crippen molar-refractivity contribution in [3.63, 3.8) is 0 Å². The number of unbranched alkanes of at least 4 members (excludes halogenated alkanes) is 14. The lowest BCUT2D eigenvalue weighted by molar-refractivity contribution is -0.0813. The van der Waals surface area contributed by atoms with Crippen molar-refractivity contribution in [3.8, 4) is 0 Å². The normalized spacial score (nSPS) is 22.5. The van der Waals surface area contributed by atoms with Crippen LogP contribution in [0, 0.1) is 0 Å². The van der Waals surface area contributed by atoms with Gasteiger partial charge in [-0.1, -0.05) is 96.1 Å². The summed E-state index contributed by atoms with van der Waals surface area (Å²) in [5.41, 5.74) is 0. The van der Waals surface area contributed by atoms with Gasteiger partial charge in [-0.2, -0.15) is 0 Å². The molecule has 0 amide bonds. The van der Waals surface area contributed by atoms with Gasteiger partial charge in [0.2, 0.25) is 0 Å². The molecule has 1 rings (SSSR count). The lowest BCUT2D eigenvalue weighted by atomic mass is 10.0. The van der Waals surface area contributed by atoms with Crippen molar-refractivity contribution in [2.75, 3.05) is 19.8 Å². The molecule has 3 N–H and O–H groups in total. The fourth-order valence-corrected chi connectivity index (χ4v) is 4.06. The second-order valence-corrected chi connectivity index (χ2v) is 9.14. The molecule has 0 aromatic carbocycles. The highest BCUT2D eigenvalue weighted by Gasteiger charge is 2.39. The summed E-state index contributed by atoms with van der Waals surface area (Å²) in [5, 5.41) is 29.1. The van der Waals surface area contributed by atoms with Gasteiger partial charge in [0.15, 0.2) is 0 Å². The predicted octanol–water partition coefficient (Wildman–Crippen LogP) is 5.30. The highest BCUT2D eigenvalue weighted by atomic mass is 16.5. The Balaban J connectivity index is 1.74. The molecule has 0 unspecified atom stereocenters. The number of aliphatic hydroxyl groups is 3. The Labute approximate surface area is 191 Å². The van der Waals surface area contributed by atoms with Gasteiger partial charge < -0.3 is 24.8 Å². The second-order valence-electron chi connectivity index (χ2n) is 9.14. The summed E-state index contributed by atoms with van der Waals surface area (Å²) >= 11 is 0. The Morgan fingerprint density at radius 3 is 1.84 bits per heavy atom. The molecule has 0 radical (unpaired) electrons. The first-order chi connectivity index (χ1) is 15.2. The molecule has 0 bridgehead atoms. The second kappa shape index (κ2) is 20.2. The summed E-state index contributed by atoms with van der Waals surface area (Å²) in [7, 11) is 0. The zero-order chi connectivity index (χ0) is 22.6. The molecule has 1 aliphatic heterocycles. The van der Waals surface area contributed by atoms with Crippen molar-refractivity contribution in [2.24, 2.45) is 0 Å². The Hall–Kier alpha value is -0.460. The lowest BCUT2D eigenvalue weighted by Crippen LogP contribution is -2.40. The van der Waals surface area contributed by atoms with Crippen molar-refractivity contribution in [3.05, 3.63) is 12.2 Å². The molecule has 0 saturated carbocycles. The van der Waals surface area contributed by atoms with Crippen LogP contribution >= 0.6 is 0 Å². The average molecular weight is 443 g/mol. The maximum absolute atomic E-state index is 9.96. The van der Waals surface area contributed by atoms with E-state index >= 15 is 0 Å². The standard InChI is InChI=1S/C26H50O5/c1-2-3-4-5-6-7-8-9-10-11-12-13-14-15-16-17-18-19-20-30-21-24(28)26-25(29)23(27)22-31-26/h5-6,23-29H,2-4,7-22H2,1H3/b6-5+/t23-,24+,25+,26+/m1/s1. The van der Waals surface area contributed by atoms with E-state index in [1.807, 2.05) is 0 Å². The predicted molar refractivity (Wildman–Crippen MR) is 127 cm³/mol. The van der Waals surface area contributed by atoms with Gasteiger partial charge in [-0.05, 0) is 25.7 Å². The van der Waals surface area contributed by atoms with Crippen molar-refractivity contribution < 1.29 is 24.8 Å². The van der Waals surface area contributed by atoms with E-state index in [9.17, 15) is 15.3 Å². The van der Waals surface area contributed by atoms with E-state index in [1.165, 1.54) is 89.9 Å². The summed E-state index contributed by atoms with van der Waals surface area (Å²) in [5.74, 6) is 0. The van der Waals surface area contributed by atoms with Gasteiger partial charge in [-0.15, -0.1) is 0 Å². The number of allylic oxidation sites excluding steroid dienone is 2. The Kier molecular flexibility index (Phi) is 18.6. The molecule has 0 spiro atoms. The van der Waals surface area contributed by atoms with Gasteiger partial charge >= 0.3 is 0 Å². The minimum absolute atomic E-state index is 0.0694. The SMILES string of the molecule is CCCC/C=C/CCCCCCCCCCCCCCOC[C@H](O)[C@@H]1OC[C@@H](O)[C@@H]1O. The average Bonchev–Trinajstić information content (AvgIpc) is 3.10. The minimum Gasteiger partial charge on any atom is -0.388 e. The van der Waals surface area contributed by atoms with E-state index in [2.05, 4.69) is 19.1 Å². The first kappa shape index (κ1) is 28.6. The monoisotopic (exact) mass is 442 g/mol. The summed E-state index contributed by atoms with van der Waals surface area (Å²) in [6.45, 7) is 3.08. The van der Waals surface area contributed by atoms with E-state index in [4.69, 9.17) is 9.47 Å². The molecule has 1 fully saturated rings. The summed E-state index contributed by atoms with van der Waals surface area (Å²) in [6.07, 6.45) is 22.0. The molecule has 1 aliphatic rings. The molecule has 1 saturated heterocycles. The van der Waals surface area contributed by atoms with Crippen LogP contribution in [0.2, 0.25) is 0 Å². The van der Waals surface area contributed by atoms with Crippen LogP contribution in [-0.2, 0) is 9.47 Å². The fraction of sp³-hybridized carbons (Fsp3) is 0.923. The van der Waals surface area contributed by atoms with Crippen molar-refractivity contribution in [2.45, 2.75) is 134 Å². The largest absolute Gasteiger partial charge is 0.388 e. The van der Waals surface area contributed by atoms with Crippen LogP contribution in [-0.4, -0.2) is 59.6 Å². The molecule has 0 aromatic rings. The van der Waals surface area contributed by atoms with E-state index < -0.39 is 24.4 Å². The van der Waals surface area contributed by atoms with E-state index in [0.717, 1.165) is 12.8 Å². The molecule has 0 aliphatic carbocycles. The van der Waals surface area contributed by atoms with Gasteiger partial charge in [0.25, 0.3) is 0 Å². The molecule has 184 valence electrons. The highest BCUT2D eigenvalue weighted by molar-refractivity contribution is 4.87. The zero-order valence-corrected chi connectivity index (χ0v) is 20.1. The molecule has 31 heavy (non-hydrogen) atoms. The number of hydrogen-bond donors (Lipinski definition) is 3. The molecular weight excluding hydrogens is 392 g/mol. The van der Waals surface area contributed by atoms with Gasteiger partial charge in [-0.25, -0.2) is 0 Å². The topological polar surface area (TPSA) is 79.2 Å². The highest BCUT2D eigenvalue weighted by Crippen LogP contribution is 2.18. The smallest absolute Gasteiger partial charge is 0.114 e. The summed E-state index contributed by atoms with van der Waals surface area (Å²) in [6, 6.07) is 0. The minimum atomic E-state index is -1.03. The van der Waals surface area contributed by atoms with Gasteiger partial charge in [0.1, 0.15) is 24.4 Å². The molecule has 0 aromatic heterocycles. The van der Waals surface area contributed by atoms with Gasteiger partial charge in [0.05, 0.1) is 13.2 Å². The van der Waals surface area contributed by atoms with Crippen LogP contribution < -0.4 is 0 Å². The zero-order valence-electron chi connectivity index (χ0n) is 20.1. The quantitative estimate of drug-likeness (QED) is 0.166. The number of hydrogen-bond acceptors (Lipinski definition) is 5. The fourth-order valence-electron chi connectivity index (χ4n) is 4.06. The molecule has 1 heterocycles. The van der Waals surface area contributed by atoms with Crippen LogP contribution in [0.5, 0.6) is 0 Å². The lowest BCUT2D eigenvalue weighted by Gasteiger charge is -2.20. The van der Waals surface area contributed by atoms with Crippen LogP contribution in [0.25, 0.3) is 0 Å². The third kappa shape index (κ3) is 15.1. The van der Waals surface area contributed by atoms with Crippen LogP contribution in [0.3, 0.4) is 0 Å². The molecular formula is C26H50O5. The number of rotatable bonds is 21. The third-order valence-electron chi connectivity index (χ3n) is 6.16. The Morgan fingerprint density at radius 1 is 0.806 bits per heavy atom. The van der Waals surface area contributed by atoms with Crippen LogP contribution in [0.1, 0.15) is 110 Å². The third-order valence-corrected chi connectivity index (χ3v) is 6.16. The maximum atomic E-state index is 9.96. The Bertz CT molecular complexity index is 415. The first-order valence-corrected chi connectivity index (χ1v) is 13.0. The molecule has 5 nitrogen and oxygen atoms in total. The molecule has 4 atom stereocenters. The van der Waals surface area contributed by atoms with Crippen molar-refractivity contribution in [1.82, 2.24) is 0 Å². The Morgan fingerprint density at radius 2 is 1.32 bits per heavy atom. The first-order valence-electron chi connectivity index (χ1n) is 13.0. The van der Waals surface area contributed by atoms with Crippen molar-refractivity contribution >= 4 is 0 Å². The van der Waals surface area contributed by atoms with E-state index in [0.29, 0.717) is 6.61 Å². The van der Waals surface area contributed by atoms with Crippen molar-refractivity contribution in [1.29, 1.82) is 0 Å². The summed E-state index contributed by atoms with van der Waals surface area (Å²) in [4.78, 5) is 0. The number of ether oxygens (including phenoxy) is 2. The maximum Gasteiger partial charge on any atom is 0.114 e. The van der Waals surface area contributed by atoms with E-state index in [-0.39, 0.29) is 13.2 Å². The van der Waals surface area contributed by atoms with Gasteiger partial charge in [0, 0.05) is 6.61 Å². The van der Waals surface area contributed by atoms with Crippen LogP contribution in [0.15, 0.2) is 12.2 Å². The van der Waals surface area contributed by atoms with Gasteiger partial charge in [-0.3, -0.25) is 0 Å².